The van der Waals surface area contributed by atoms with Crippen LogP contribution in [-0.2, 0) is 19.1 Å². The predicted molar refractivity (Wildman–Crippen MR) is 70.7 cm³/mol. The number of hydrogen-bond acceptors (Lipinski definition) is 5. The van der Waals surface area contributed by atoms with Crippen LogP contribution in [0, 0.1) is 0 Å². The molecule has 1 aliphatic heterocycles. The lowest BCUT2D eigenvalue weighted by Crippen LogP contribution is -2.56. The fourth-order valence-electron chi connectivity index (χ4n) is 1.92. The van der Waals surface area contributed by atoms with Gasteiger partial charge < -0.3 is 14.8 Å². The van der Waals surface area contributed by atoms with Crippen LogP contribution in [-0.4, -0.2) is 61.3 Å². The van der Waals surface area contributed by atoms with Crippen molar-refractivity contribution in [3.05, 3.63) is 0 Å². The van der Waals surface area contributed by atoms with Gasteiger partial charge in [-0.3, -0.25) is 14.5 Å². The molecule has 1 fully saturated rings. The number of nitrogens with one attached hydrogen (secondary N) is 1. The van der Waals surface area contributed by atoms with Crippen LogP contribution in [0.4, 0.5) is 0 Å². The Morgan fingerprint density at radius 3 is 2.63 bits per heavy atom. The molecule has 0 saturated carbocycles. The molecule has 1 rings (SSSR count). The van der Waals surface area contributed by atoms with Gasteiger partial charge in [0.2, 0.25) is 5.91 Å². The molecule has 0 aromatic carbocycles. The monoisotopic (exact) mass is 272 g/mol. The Kier molecular flexibility index (Phi) is 6.24. The maximum Gasteiger partial charge on any atom is 0.320 e. The molecule has 1 N–H and O–H groups in total. The van der Waals surface area contributed by atoms with Gasteiger partial charge in [0.25, 0.3) is 0 Å². The largest absolute Gasteiger partial charge is 0.462 e. The van der Waals surface area contributed by atoms with Crippen LogP contribution in [0.5, 0.6) is 0 Å². The minimum Gasteiger partial charge on any atom is -0.462 e. The Morgan fingerprint density at radius 2 is 2.05 bits per heavy atom. The second-order valence-corrected chi connectivity index (χ2v) is 5.26. The molecule has 1 unspecified atom stereocenters. The van der Waals surface area contributed by atoms with Crippen LogP contribution in [0.15, 0.2) is 0 Å². The lowest BCUT2D eigenvalue weighted by Gasteiger charge is -2.34. The van der Waals surface area contributed by atoms with E-state index in [-0.39, 0.29) is 30.6 Å². The Hall–Kier alpha value is -1.14. The molecule has 110 valence electrons. The van der Waals surface area contributed by atoms with Crippen molar-refractivity contribution in [2.24, 2.45) is 0 Å². The molecule has 0 aromatic rings. The molecule has 19 heavy (non-hydrogen) atoms. The van der Waals surface area contributed by atoms with Crippen molar-refractivity contribution in [3.63, 3.8) is 0 Å². The number of ether oxygens (including phenoxy) is 2. The topological polar surface area (TPSA) is 67.9 Å². The van der Waals surface area contributed by atoms with Gasteiger partial charge in [0.05, 0.1) is 25.9 Å². The summed E-state index contributed by atoms with van der Waals surface area (Å²) in [5.74, 6) is -0.411. The van der Waals surface area contributed by atoms with Gasteiger partial charge in [0, 0.05) is 12.6 Å². The van der Waals surface area contributed by atoms with Gasteiger partial charge in [-0.2, -0.15) is 0 Å². The van der Waals surface area contributed by atoms with E-state index in [0.29, 0.717) is 19.8 Å². The fourth-order valence-corrected chi connectivity index (χ4v) is 1.92. The van der Waals surface area contributed by atoms with E-state index in [9.17, 15) is 9.59 Å². The number of carbonyl (C=O) groups excluding carboxylic acids is 2. The molecule has 0 bridgehead atoms. The zero-order valence-corrected chi connectivity index (χ0v) is 12.1. The molecular weight excluding hydrogens is 248 g/mol. The molecular formula is C13H24N2O4. The van der Waals surface area contributed by atoms with Gasteiger partial charge in [0.1, 0.15) is 6.04 Å². The van der Waals surface area contributed by atoms with E-state index in [1.54, 1.807) is 13.8 Å². The quantitative estimate of drug-likeness (QED) is 0.722. The van der Waals surface area contributed by atoms with E-state index in [1.807, 2.05) is 18.7 Å². The van der Waals surface area contributed by atoms with Crippen molar-refractivity contribution in [3.8, 4) is 0 Å². The average Bonchev–Trinajstić information content (AvgIpc) is 2.27. The Balaban J connectivity index is 2.57. The van der Waals surface area contributed by atoms with Gasteiger partial charge in [-0.1, -0.05) is 0 Å². The molecule has 6 heteroatoms. The lowest BCUT2D eigenvalue weighted by molar-refractivity contribution is -0.152. The normalized spacial score (nSPS) is 20.6. The number of hydrogen-bond donors (Lipinski definition) is 1. The summed E-state index contributed by atoms with van der Waals surface area (Å²) < 4.78 is 10.4. The average molecular weight is 272 g/mol. The third-order valence-electron chi connectivity index (χ3n) is 2.67. The first-order chi connectivity index (χ1) is 8.90. The maximum absolute atomic E-state index is 12.0. The van der Waals surface area contributed by atoms with Crippen molar-refractivity contribution in [1.29, 1.82) is 0 Å². The summed E-state index contributed by atoms with van der Waals surface area (Å²) >= 11 is 0. The first kappa shape index (κ1) is 15.9. The van der Waals surface area contributed by atoms with E-state index >= 15 is 0 Å². The SMILES string of the molecule is CC(C)NC(=O)C1COCCN1CC(=O)OC(C)C. The van der Waals surface area contributed by atoms with Crippen LogP contribution in [0.1, 0.15) is 27.7 Å². The van der Waals surface area contributed by atoms with E-state index in [4.69, 9.17) is 9.47 Å². The third-order valence-corrected chi connectivity index (χ3v) is 2.67. The highest BCUT2D eigenvalue weighted by molar-refractivity contribution is 5.83. The first-order valence-corrected chi connectivity index (χ1v) is 6.71. The van der Waals surface area contributed by atoms with Crippen molar-refractivity contribution in [2.45, 2.75) is 45.9 Å². The number of nitrogens with zero attached hydrogens (tertiary/aromatic N) is 1. The Labute approximate surface area is 114 Å². The Bertz CT molecular complexity index is 318. The van der Waals surface area contributed by atoms with Crippen LogP contribution >= 0.6 is 0 Å². The van der Waals surface area contributed by atoms with Crippen molar-refractivity contribution >= 4 is 11.9 Å². The number of amides is 1. The third kappa shape index (κ3) is 5.57. The highest BCUT2D eigenvalue weighted by Crippen LogP contribution is 2.08. The van der Waals surface area contributed by atoms with Gasteiger partial charge >= 0.3 is 5.97 Å². The summed E-state index contributed by atoms with van der Waals surface area (Å²) in [6.07, 6.45) is -0.142. The summed E-state index contributed by atoms with van der Waals surface area (Å²) in [6.45, 7) is 8.94. The highest BCUT2D eigenvalue weighted by Gasteiger charge is 2.31. The summed E-state index contributed by atoms with van der Waals surface area (Å²) in [4.78, 5) is 25.5. The number of morpholine rings is 1. The van der Waals surface area contributed by atoms with Gasteiger partial charge in [-0.05, 0) is 27.7 Å². The summed E-state index contributed by atoms with van der Waals surface area (Å²) in [7, 11) is 0. The molecule has 0 aliphatic carbocycles. The molecule has 1 heterocycles. The van der Waals surface area contributed by atoms with E-state index in [0.717, 1.165) is 0 Å². The molecule has 1 aliphatic rings. The van der Waals surface area contributed by atoms with Crippen molar-refractivity contribution < 1.29 is 19.1 Å². The van der Waals surface area contributed by atoms with Crippen molar-refractivity contribution in [2.75, 3.05) is 26.3 Å². The summed E-state index contributed by atoms with van der Waals surface area (Å²) in [6, 6.07) is -0.352. The lowest BCUT2D eigenvalue weighted by atomic mass is 10.2. The number of carbonyl (C=O) groups is 2. The molecule has 0 radical (unpaired) electrons. The second-order valence-electron chi connectivity index (χ2n) is 5.26. The summed E-state index contributed by atoms with van der Waals surface area (Å²) in [5.41, 5.74) is 0. The second kappa shape index (κ2) is 7.45. The van der Waals surface area contributed by atoms with Crippen LogP contribution in [0.3, 0.4) is 0 Å². The maximum atomic E-state index is 12.0. The standard InChI is InChI=1S/C13H24N2O4/c1-9(2)14-13(17)11-8-18-6-5-15(11)7-12(16)19-10(3)4/h9-11H,5-8H2,1-4H3,(H,14,17). The predicted octanol–water partition coefficient (Wildman–Crippen LogP) is 0.163. The fraction of sp³-hybridized carbons (Fsp3) is 0.846. The van der Waals surface area contributed by atoms with Gasteiger partial charge in [0.15, 0.2) is 0 Å². The van der Waals surface area contributed by atoms with Crippen molar-refractivity contribution in [1.82, 2.24) is 10.2 Å². The number of esters is 1. The molecule has 1 amide bonds. The van der Waals surface area contributed by atoms with E-state index < -0.39 is 6.04 Å². The zero-order valence-electron chi connectivity index (χ0n) is 12.1. The number of rotatable bonds is 5. The summed E-state index contributed by atoms with van der Waals surface area (Å²) in [5, 5.41) is 2.84. The first-order valence-electron chi connectivity index (χ1n) is 6.71. The van der Waals surface area contributed by atoms with Gasteiger partial charge in [-0.25, -0.2) is 0 Å². The minimum absolute atomic E-state index is 0.0684. The molecule has 0 aromatic heterocycles. The van der Waals surface area contributed by atoms with Crippen LogP contribution in [0.25, 0.3) is 0 Å². The van der Waals surface area contributed by atoms with Gasteiger partial charge in [-0.15, -0.1) is 0 Å². The zero-order chi connectivity index (χ0) is 14.4. The van der Waals surface area contributed by atoms with Crippen LogP contribution in [0.2, 0.25) is 0 Å². The molecule has 1 saturated heterocycles. The molecule has 0 spiro atoms. The van der Waals surface area contributed by atoms with E-state index in [2.05, 4.69) is 5.32 Å². The molecule has 6 nitrogen and oxygen atoms in total. The van der Waals surface area contributed by atoms with E-state index in [1.165, 1.54) is 0 Å². The Morgan fingerprint density at radius 1 is 1.37 bits per heavy atom. The minimum atomic E-state index is -0.420. The molecule has 1 atom stereocenters. The smallest absolute Gasteiger partial charge is 0.320 e. The van der Waals surface area contributed by atoms with Crippen LogP contribution < -0.4 is 5.32 Å². The highest BCUT2D eigenvalue weighted by atomic mass is 16.5.